The molecule has 2 aliphatic carbocycles. The van der Waals surface area contributed by atoms with Gasteiger partial charge in [-0.25, -0.2) is 4.79 Å². The first-order valence-corrected chi connectivity index (χ1v) is 11.1. The zero-order chi connectivity index (χ0) is 24.9. The van der Waals surface area contributed by atoms with E-state index < -0.39 is 89.0 Å². The minimum absolute atomic E-state index is 0.305. The number of carbonyl (C=O) groups is 3. The van der Waals surface area contributed by atoms with Crippen LogP contribution in [0, 0.1) is 17.8 Å². The quantitative estimate of drug-likeness (QED) is 0.115. The lowest BCUT2D eigenvalue weighted by atomic mass is 9.85. The molecule has 6 unspecified atom stereocenters. The van der Waals surface area contributed by atoms with Gasteiger partial charge in [0.15, 0.2) is 0 Å². The Morgan fingerprint density at radius 1 is 1.18 bits per heavy atom. The molecule has 0 aromatic rings. The van der Waals surface area contributed by atoms with Crippen molar-refractivity contribution in [1.82, 2.24) is 0 Å². The van der Waals surface area contributed by atoms with Gasteiger partial charge >= 0.3 is 39.2 Å². The van der Waals surface area contributed by atoms with Gasteiger partial charge in [0.25, 0.3) is 0 Å². The van der Waals surface area contributed by atoms with Crippen LogP contribution in [-0.2, 0) is 43.4 Å². The fraction of sp³-hybridized carbons (Fsp3) is 0.722. The third-order valence-corrected chi connectivity index (χ3v) is 6.84. The summed E-state index contributed by atoms with van der Waals surface area (Å²) in [7, 11) is -6.36. The second-order valence-electron chi connectivity index (χ2n) is 8.04. The van der Waals surface area contributed by atoms with Gasteiger partial charge in [-0.05, 0) is 6.42 Å². The van der Waals surface area contributed by atoms with Crippen molar-refractivity contribution in [3.05, 3.63) is 12.2 Å². The molecular formula is C18H20F4O10S. The molecule has 1 saturated heterocycles. The number of hydrogen-bond acceptors (Lipinski definition) is 9. The molecule has 0 radical (unpaired) electrons. The summed E-state index contributed by atoms with van der Waals surface area (Å²) in [5, 5.41) is -5.73. The molecule has 1 aliphatic heterocycles. The molecule has 6 atom stereocenters. The second-order valence-corrected chi connectivity index (χ2v) is 9.50. The Morgan fingerprint density at radius 2 is 1.82 bits per heavy atom. The number of alkyl halides is 4. The van der Waals surface area contributed by atoms with Gasteiger partial charge in [-0.15, -0.1) is 0 Å². The summed E-state index contributed by atoms with van der Waals surface area (Å²) in [5.41, 5.74) is -0.382. The Bertz CT molecular complexity index is 965. The molecule has 15 heteroatoms. The molecule has 2 saturated carbocycles. The summed E-state index contributed by atoms with van der Waals surface area (Å²) in [4.78, 5) is 35.8. The topological polar surface area (TPSA) is 143 Å². The van der Waals surface area contributed by atoms with Crippen LogP contribution in [0.1, 0.15) is 19.8 Å². The van der Waals surface area contributed by atoms with Gasteiger partial charge in [-0.2, -0.15) is 26.0 Å². The Labute approximate surface area is 184 Å². The predicted octanol–water partition coefficient (Wildman–Crippen LogP) is 1.10. The highest BCUT2D eigenvalue weighted by molar-refractivity contribution is 7.87. The Hall–Kier alpha value is -2.26. The molecule has 1 N–H and O–H groups in total. The van der Waals surface area contributed by atoms with Gasteiger partial charge in [-0.3, -0.25) is 14.1 Å². The Morgan fingerprint density at radius 3 is 2.39 bits per heavy atom. The van der Waals surface area contributed by atoms with Crippen LogP contribution in [0.2, 0.25) is 0 Å². The van der Waals surface area contributed by atoms with Crippen molar-refractivity contribution in [2.45, 2.75) is 49.3 Å². The van der Waals surface area contributed by atoms with Gasteiger partial charge in [0.2, 0.25) is 0 Å². The molecular weight excluding hydrogens is 484 g/mol. The smallest absolute Gasteiger partial charge is 0.431 e. The normalized spacial score (nSPS) is 30.8. The zero-order valence-corrected chi connectivity index (χ0v) is 17.9. The maximum Gasteiger partial charge on any atom is 0.431 e. The summed E-state index contributed by atoms with van der Waals surface area (Å²) in [6.45, 7) is 2.71. The number of hydrogen-bond donors (Lipinski definition) is 1. The van der Waals surface area contributed by atoms with Crippen LogP contribution in [0.15, 0.2) is 12.2 Å². The first-order valence-electron chi connectivity index (χ1n) is 9.65. The summed E-state index contributed by atoms with van der Waals surface area (Å²) in [6.07, 6.45) is -3.87. The molecule has 0 aromatic heterocycles. The van der Waals surface area contributed by atoms with Crippen molar-refractivity contribution >= 4 is 28.0 Å². The minimum atomic E-state index is -6.36. The highest BCUT2D eigenvalue weighted by atomic mass is 32.2. The fourth-order valence-corrected chi connectivity index (χ4v) is 4.91. The summed E-state index contributed by atoms with van der Waals surface area (Å²) in [6, 6.07) is 0. The first-order chi connectivity index (χ1) is 15.1. The molecule has 2 bridgehead atoms. The molecule has 3 fully saturated rings. The molecule has 0 spiro atoms. The van der Waals surface area contributed by atoms with Crippen molar-refractivity contribution in [1.29, 1.82) is 0 Å². The van der Waals surface area contributed by atoms with Crippen molar-refractivity contribution < 1.29 is 63.9 Å². The van der Waals surface area contributed by atoms with Gasteiger partial charge < -0.3 is 18.9 Å². The Kier molecular flexibility index (Phi) is 6.54. The number of rotatable bonds is 10. The van der Waals surface area contributed by atoms with Gasteiger partial charge in [-0.1, -0.05) is 6.58 Å². The SMILES string of the molecule is C=C(COCCC(F)(F)C(F)(F)S(=O)(=O)O)C(=O)OC1C2CC3C1OC(=O)C3C2OC(C)=O. The maximum absolute atomic E-state index is 13.4. The van der Waals surface area contributed by atoms with E-state index in [1.807, 2.05) is 0 Å². The van der Waals surface area contributed by atoms with Crippen LogP contribution < -0.4 is 0 Å². The number of ether oxygens (including phenoxy) is 4. The summed E-state index contributed by atoms with van der Waals surface area (Å²) in [5.74, 6) is -8.82. The lowest BCUT2D eigenvalue weighted by Gasteiger charge is -2.31. The molecule has 0 amide bonds. The zero-order valence-electron chi connectivity index (χ0n) is 17.0. The van der Waals surface area contributed by atoms with Crippen molar-refractivity contribution in [2.75, 3.05) is 13.2 Å². The van der Waals surface area contributed by atoms with Crippen LogP contribution in [0.4, 0.5) is 17.6 Å². The van der Waals surface area contributed by atoms with Gasteiger partial charge in [0.1, 0.15) is 24.2 Å². The largest absolute Gasteiger partial charge is 0.461 e. The summed E-state index contributed by atoms with van der Waals surface area (Å²) >= 11 is 0. The van der Waals surface area contributed by atoms with E-state index in [2.05, 4.69) is 6.58 Å². The van der Waals surface area contributed by atoms with Crippen LogP contribution in [0.3, 0.4) is 0 Å². The van der Waals surface area contributed by atoms with Crippen molar-refractivity contribution in [3.8, 4) is 0 Å². The molecule has 3 aliphatic rings. The minimum Gasteiger partial charge on any atom is -0.461 e. The van der Waals surface area contributed by atoms with Crippen molar-refractivity contribution in [3.63, 3.8) is 0 Å². The van der Waals surface area contributed by atoms with E-state index in [0.717, 1.165) is 0 Å². The van der Waals surface area contributed by atoms with Gasteiger partial charge in [0, 0.05) is 25.2 Å². The van der Waals surface area contributed by atoms with E-state index in [0.29, 0.717) is 6.42 Å². The van der Waals surface area contributed by atoms with E-state index >= 15 is 0 Å². The standard InChI is InChI=1S/C18H20F4O10S/c1-7(6-29-4-3-17(19,20)18(21,22)33(26,27)28)15(24)31-14-10-5-9-11(12(10)30-8(2)23)16(25)32-13(9)14/h9-14H,1,3-6H2,2H3,(H,26,27,28). The second kappa shape index (κ2) is 8.51. The average Bonchev–Trinajstić information content (AvgIpc) is 3.28. The average molecular weight is 504 g/mol. The van der Waals surface area contributed by atoms with Crippen LogP contribution in [0.25, 0.3) is 0 Å². The number of esters is 3. The van der Waals surface area contributed by atoms with E-state index in [1.54, 1.807) is 0 Å². The summed E-state index contributed by atoms with van der Waals surface area (Å²) < 4.78 is 103. The number of halogens is 4. The van der Waals surface area contributed by atoms with Crippen LogP contribution >= 0.6 is 0 Å². The Balaban J connectivity index is 1.52. The highest BCUT2D eigenvalue weighted by Crippen LogP contribution is 2.56. The molecule has 1 heterocycles. The van der Waals surface area contributed by atoms with Gasteiger partial charge in [0.05, 0.1) is 18.8 Å². The van der Waals surface area contributed by atoms with E-state index in [1.165, 1.54) is 6.92 Å². The molecule has 0 aromatic carbocycles. The lowest BCUT2D eigenvalue weighted by molar-refractivity contribution is -0.171. The maximum atomic E-state index is 13.4. The number of carbonyl (C=O) groups excluding carboxylic acids is 3. The van der Waals surface area contributed by atoms with Crippen molar-refractivity contribution in [2.24, 2.45) is 17.8 Å². The lowest BCUT2D eigenvalue weighted by Crippen LogP contribution is -2.47. The fourth-order valence-electron chi connectivity index (χ4n) is 4.43. The van der Waals surface area contributed by atoms with E-state index in [-0.39, 0.29) is 11.5 Å². The molecule has 10 nitrogen and oxygen atoms in total. The predicted molar refractivity (Wildman–Crippen MR) is 96.4 cm³/mol. The monoisotopic (exact) mass is 504 g/mol. The molecule has 33 heavy (non-hydrogen) atoms. The third-order valence-electron chi connectivity index (χ3n) is 5.89. The van der Waals surface area contributed by atoms with Crippen LogP contribution in [-0.4, -0.2) is 73.6 Å². The third kappa shape index (κ3) is 4.45. The first kappa shape index (κ1) is 25.4. The highest BCUT2D eigenvalue weighted by Gasteiger charge is 2.69. The molecule has 186 valence electrons. The van der Waals surface area contributed by atoms with E-state index in [9.17, 15) is 40.4 Å². The number of fused-ring (bicyclic) bond motifs is 1. The molecule has 3 rings (SSSR count). The van der Waals surface area contributed by atoms with Crippen LogP contribution in [0.5, 0.6) is 0 Å². The van der Waals surface area contributed by atoms with E-state index in [4.69, 9.17) is 23.5 Å².